The SMILES string of the molecule is CC/C=C\C/C=C\C/C=C\C/C=C\C/C=C\CCCCCCCCCCCCCCCCCCCCCCCCCCCC(=O)OC(COC(=O)CCCCCCC/C=C\CCCCCCC)COC(OCC[N+](C)(C)C)C(=O)[O-]. The number of carbonyl (C=O) groups excluding carboxylic acids is 3. The van der Waals surface area contributed by atoms with Gasteiger partial charge in [-0.05, 0) is 83.5 Å². The second-order valence-electron chi connectivity index (χ2n) is 23.7. The van der Waals surface area contributed by atoms with Crippen LogP contribution in [-0.2, 0) is 33.3 Å². The third-order valence-electron chi connectivity index (χ3n) is 14.7. The van der Waals surface area contributed by atoms with E-state index in [-0.39, 0.29) is 38.6 Å². The average molecular weight is 1120 g/mol. The summed E-state index contributed by atoms with van der Waals surface area (Å²) in [5, 5.41) is 11.8. The molecule has 80 heavy (non-hydrogen) atoms. The van der Waals surface area contributed by atoms with Crippen LogP contribution in [0.3, 0.4) is 0 Å². The quantitative estimate of drug-likeness (QED) is 0.0195. The van der Waals surface area contributed by atoms with E-state index in [0.717, 1.165) is 83.5 Å². The fourth-order valence-corrected chi connectivity index (χ4v) is 9.56. The van der Waals surface area contributed by atoms with Crippen molar-refractivity contribution in [1.29, 1.82) is 0 Å². The van der Waals surface area contributed by atoms with Crippen molar-refractivity contribution < 1.29 is 42.9 Å². The van der Waals surface area contributed by atoms with E-state index in [1.54, 1.807) is 0 Å². The summed E-state index contributed by atoms with van der Waals surface area (Å²) in [6.45, 7) is 4.64. The van der Waals surface area contributed by atoms with Gasteiger partial charge in [-0.3, -0.25) is 9.59 Å². The summed E-state index contributed by atoms with van der Waals surface area (Å²) in [6.07, 6.45) is 78.6. The number of carbonyl (C=O) groups is 3. The fraction of sp³-hybridized carbons (Fsp3) is 0.789. The molecular formula is C71H127NO8. The first-order valence-electron chi connectivity index (χ1n) is 33.6. The van der Waals surface area contributed by atoms with Crippen molar-refractivity contribution >= 4 is 17.9 Å². The lowest BCUT2D eigenvalue weighted by atomic mass is 10.0. The van der Waals surface area contributed by atoms with E-state index in [1.807, 2.05) is 21.1 Å². The van der Waals surface area contributed by atoms with E-state index in [9.17, 15) is 19.5 Å². The van der Waals surface area contributed by atoms with Crippen LogP contribution in [-0.4, -0.2) is 82.3 Å². The van der Waals surface area contributed by atoms with Gasteiger partial charge in [-0.15, -0.1) is 0 Å². The third-order valence-corrected chi connectivity index (χ3v) is 14.7. The Morgan fingerprint density at radius 3 is 1.07 bits per heavy atom. The second-order valence-corrected chi connectivity index (χ2v) is 23.7. The Hall–Kier alpha value is -3.27. The smallest absolute Gasteiger partial charge is 0.306 e. The minimum Gasteiger partial charge on any atom is -0.545 e. The Balaban J connectivity index is 3.93. The molecule has 0 heterocycles. The zero-order valence-electron chi connectivity index (χ0n) is 52.9. The molecule has 0 aliphatic rings. The van der Waals surface area contributed by atoms with Crippen LogP contribution in [0.25, 0.3) is 0 Å². The molecule has 0 aromatic carbocycles. The number of esters is 2. The van der Waals surface area contributed by atoms with E-state index < -0.39 is 24.3 Å². The van der Waals surface area contributed by atoms with Gasteiger partial charge in [0.25, 0.3) is 0 Å². The zero-order chi connectivity index (χ0) is 58.3. The summed E-state index contributed by atoms with van der Waals surface area (Å²) in [7, 11) is 5.93. The molecule has 0 saturated carbocycles. The minimum atomic E-state index is -1.62. The van der Waals surface area contributed by atoms with Crippen molar-refractivity contribution in [3.8, 4) is 0 Å². The van der Waals surface area contributed by atoms with Crippen molar-refractivity contribution in [3.05, 3.63) is 72.9 Å². The van der Waals surface area contributed by atoms with E-state index in [2.05, 4.69) is 86.8 Å². The van der Waals surface area contributed by atoms with Gasteiger partial charge in [-0.1, -0.05) is 279 Å². The van der Waals surface area contributed by atoms with Crippen LogP contribution in [0.5, 0.6) is 0 Å². The Morgan fingerprint density at radius 1 is 0.388 bits per heavy atom. The van der Waals surface area contributed by atoms with E-state index >= 15 is 0 Å². The zero-order valence-corrected chi connectivity index (χ0v) is 52.9. The molecule has 0 spiro atoms. The molecule has 0 aliphatic carbocycles. The van der Waals surface area contributed by atoms with Crippen LogP contribution in [0.4, 0.5) is 0 Å². The number of aliphatic carboxylic acids is 1. The van der Waals surface area contributed by atoms with Crippen molar-refractivity contribution in [2.75, 3.05) is 47.5 Å². The van der Waals surface area contributed by atoms with E-state index in [4.69, 9.17) is 18.9 Å². The number of rotatable bonds is 62. The molecule has 0 aromatic heterocycles. The number of carboxylic acid groups (broad SMARTS) is 1. The molecule has 0 N–H and O–H groups in total. The highest BCUT2D eigenvalue weighted by atomic mass is 16.7. The summed E-state index contributed by atoms with van der Waals surface area (Å²) in [5.41, 5.74) is 0. The average Bonchev–Trinajstić information content (AvgIpc) is 3.43. The molecule has 0 amide bonds. The molecule has 0 bridgehead atoms. The Morgan fingerprint density at radius 2 is 0.713 bits per heavy atom. The van der Waals surface area contributed by atoms with Gasteiger partial charge in [0.1, 0.15) is 13.2 Å². The standard InChI is InChI=1S/C71H127NO8/c1-6-8-10-12-14-16-18-20-22-23-24-25-26-27-28-29-30-31-32-33-34-35-36-37-38-39-40-41-42-43-44-45-46-47-48-50-52-54-56-58-60-62-69(74)80-67(66-79-71(70(75)76)77-64-63-72(3,4)5)65-78-68(73)61-59-57-55-53-51-49-21-19-17-15-13-11-9-7-2/h8,10,14,16,19-22,24-25,27-28,67,71H,6-7,9,11-13,15,17-18,23,26,29-66H2,1-5H3/b10-8-,16-14-,21-19-,22-20-,25-24-,28-27-. The lowest BCUT2D eigenvalue weighted by Gasteiger charge is -2.26. The maximum absolute atomic E-state index is 12.9. The van der Waals surface area contributed by atoms with Gasteiger partial charge >= 0.3 is 11.9 Å². The number of ether oxygens (including phenoxy) is 4. The van der Waals surface area contributed by atoms with Crippen LogP contribution in [0.1, 0.15) is 303 Å². The third kappa shape index (κ3) is 62.3. The Kier molecular flexibility index (Phi) is 59.3. The Labute approximate surface area is 494 Å². The molecule has 0 fully saturated rings. The van der Waals surface area contributed by atoms with Crippen molar-refractivity contribution in [3.63, 3.8) is 0 Å². The van der Waals surface area contributed by atoms with E-state index in [1.165, 1.54) is 186 Å². The first-order valence-corrected chi connectivity index (χ1v) is 33.6. The summed E-state index contributed by atoms with van der Waals surface area (Å²) >= 11 is 0. The minimum absolute atomic E-state index is 0.147. The summed E-state index contributed by atoms with van der Waals surface area (Å²) < 4.78 is 22.7. The number of likely N-dealkylation sites (N-methyl/N-ethyl adjacent to an activating group) is 1. The summed E-state index contributed by atoms with van der Waals surface area (Å²) in [6, 6.07) is 0. The number of carboxylic acids is 1. The van der Waals surface area contributed by atoms with Crippen molar-refractivity contribution in [1.82, 2.24) is 0 Å². The van der Waals surface area contributed by atoms with E-state index in [0.29, 0.717) is 17.4 Å². The van der Waals surface area contributed by atoms with Crippen molar-refractivity contribution in [2.45, 2.75) is 315 Å². The molecule has 2 unspecified atom stereocenters. The molecule has 9 nitrogen and oxygen atoms in total. The Bertz CT molecular complexity index is 1540. The lowest BCUT2D eigenvalue weighted by molar-refractivity contribution is -0.870. The predicted molar refractivity (Wildman–Crippen MR) is 338 cm³/mol. The molecule has 9 heteroatoms. The van der Waals surface area contributed by atoms with Crippen LogP contribution in [0, 0.1) is 0 Å². The monoisotopic (exact) mass is 1120 g/mol. The normalized spacial score (nSPS) is 13.2. The molecule has 0 saturated heterocycles. The van der Waals surface area contributed by atoms with Crippen LogP contribution >= 0.6 is 0 Å². The number of nitrogens with zero attached hydrogens (tertiary/aromatic N) is 1. The molecule has 0 aliphatic heterocycles. The van der Waals surface area contributed by atoms with Crippen molar-refractivity contribution in [2.24, 2.45) is 0 Å². The number of hydrogen-bond donors (Lipinski definition) is 0. The van der Waals surface area contributed by atoms with Crippen LogP contribution in [0.2, 0.25) is 0 Å². The van der Waals surface area contributed by atoms with Gasteiger partial charge in [0, 0.05) is 12.8 Å². The highest BCUT2D eigenvalue weighted by Gasteiger charge is 2.22. The molecule has 0 radical (unpaired) electrons. The van der Waals surface area contributed by atoms with Crippen LogP contribution < -0.4 is 5.11 Å². The lowest BCUT2D eigenvalue weighted by Crippen LogP contribution is -2.44. The van der Waals surface area contributed by atoms with Gasteiger partial charge in [-0.25, -0.2) is 0 Å². The highest BCUT2D eigenvalue weighted by molar-refractivity contribution is 5.70. The molecule has 464 valence electrons. The van der Waals surface area contributed by atoms with Crippen LogP contribution in [0.15, 0.2) is 72.9 Å². The maximum atomic E-state index is 12.9. The molecule has 0 aromatic rings. The summed E-state index contributed by atoms with van der Waals surface area (Å²) in [5.74, 6) is -2.28. The maximum Gasteiger partial charge on any atom is 0.306 e. The molecule has 0 rings (SSSR count). The fourth-order valence-electron chi connectivity index (χ4n) is 9.56. The highest BCUT2D eigenvalue weighted by Crippen LogP contribution is 2.18. The van der Waals surface area contributed by atoms with Gasteiger partial charge in [0.2, 0.25) is 0 Å². The van der Waals surface area contributed by atoms with Gasteiger partial charge in [0.05, 0.1) is 40.3 Å². The second kappa shape index (κ2) is 61.8. The number of unbranched alkanes of at least 4 members (excludes halogenated alkanes) is 35. The molecular weight excluding hydrogens is 995 g/mol. The predicted octanol–water partition coefficient (Wildman–Crippen LogP) is 19.2. The van der Waals surface area contributed by atoms with Gasteiger partial charge in [-0.2, -0.15) is 0 Å². The molecule has 2 atom stereocenters. The number of allylic oxidation sites excluding steroid dienone is 12. The topological polar surface area (TPSA) is 111 Å². The number of hydrogen-bond acceptors (Lipinski definition) is 8. The van der Waals surface area contributed by atoms with Gasteiger partial charge < -0.3 is 33.3 Å². The first kappa shape index (κ1) is 76.7. The summed E-state index contributed by atoms with van der Waals surface area (Å²) in [4.78, 5) is 37.3. The largest absolute Gasteiger partial charge is 0.545 e. The first-order chi connectivity index (χ1) is 39.1. The van der Waals surface area contributed by atoms with Gasteiger partial charge in [0.15, 0.2) is 12.4 Å². The number of quaternary nitrogens is 1.